The molecule has 0 amide bonds. The standard InChI is InChI=1S/C15H26N2O3S/c1-4-20-11-15(12(2)3)17-21(18,19)14-7-5-13(6-8-14)9-10-16/h5-8,12,15,17H,4,9-11,16H2,1-3H3. The number of rotatable bonds is 9. The van der Waals surface area contributed by atoms with Gasteiger partial charge in [-0.2, -0.15) is 0 Å². The maximum Gasteiger partial charge on any atom is 0.240 e. The lowest BCUT2D eigenvalue weighted by Crippen LogP contribution is -2.41. The number of hydrogen-bond donors (Lipinski definition) is 2. The lowest BCUT2D eigenvalue weighted by molar-refractivity contribution is 0.116. The van der Waals surface area contributed by atoms with E-state index in [4.69, 9.17) is 10.5 Å². The van der Waals surface area contributed by atoms with E-state index in [2.05, 4.69) is 4.72 Å². The molecule has 0 aliphatic heterocycles. The number of nitrogens with one attached hydrogen (secondary N) is 1. The van der Waals surface area contributed by atoms with Crippen molar-refractivity contribution in [3.05, 3.63) is 29.8 Å². The van der Waals surface area contributed by atoms with Crippen molar-refractivity contribution in [2.24, 2.45) is 11.7 Å². The molecule has 0 bridgehead atoms. The molecule has 3 N–H and O–H groups in total. The zero-order valence-corrected chi connectivity index (χ0v) is 13.8. The smallest absolute Gasteiger partial charge is 0.240 e. The van der Waals surface area contributed by atoms with Gasteiger partial charge in [-0.25, -0.2) is 13.1 Å². The average Bonchev–Trinajstić information content (AvgIpc) is 2.44. The van der Waals surface area contributed by atoms with Gasteiger partial charge in [0.15, 0.2) is 0 Å². The highest BCUT2D eigenvalue weighted by atomic mass is 32.2. The molecule has 6 heteroatoms. The SMILES string of the molecule is CCOCC(NS(=O)(=O)c1ccc(CCN)cc1)C(C)C. The van der Waals surface area contributed by atoms with Crippen molar-refractivity contribution in [3.63, 3.8) is 0 Å². The Hall–Kier alpha value is -0.950. The van der Waals surface area contributed by atoms with Gasteiger partial charge in [-0.15, -0.1) is 0 Å². The van der Waals surface area contributed by atoms with Crippen LogP contribution in [0.3, 0.4) is 0 Å². The highest BCUT2D eigenvalue weighted by Gasteiger charge is 2.22. The number of benzene rings is 1. The number of sulfonamides is 1. The Morgan fingerprint density at radius 1 is 1.24 bits per heavy atom. The number of nitrogens with two attached hydrogens (primary N) is 1. The molecule has 0 fully saturated rings. The molecule has 1 rings (SSSR count). The monoisotopic (exact) mass is 314 g/mol. The van der Waals surface area contributed by atoms with Crippen molar-refractivity contribution >= 4 is 10.0 Å². The fourth-order valence-corrected chi connectivity index (χ4v) is 3.25. The van der Waals surface area contributed by atoms with Crippen molar-refractivity contribution in [2.75, 3.05) is 19.8 Å². The Bertz CT molecular complexity index is 512. The van der Waals surface area contributed by atoms with Crippen LogP contribution in [-0.2, 0) is 21.2 Å². The highest BCUT2D eigenvalue weighted by molar-refractivity contribution is 7.89. The summed E-state index contributed by atoms with van der Waals surface area (Å²) in [5.74, 6) is 0.155. The largest absolute Gasteiger partial charge is 0.380 e. The van der Waals surface area contributed by atoms with Gasteiger partial charge in [0.05, 0.1) is 11.5 Å². The topological polar surface area (TPSA) is 81.4 Å². The second kappa shape index (κ2) is 8.48. The summed E-state index contributed by atoms with van der Waals surface area (Å²) in [6.07, 6.45) is 0.743. The van der Waals surface area contributed by atoms with Gasteiger partial charge in [0.1, 0.15) is 0 Å². The van der Waals surface area contributed by atoms with E-state index in [9.17, 15) is 8.42 Å². The van der Waals surface area contributed by atoms with Crippen LogP contribution in [0.5, 0.6) is 0 Å². The van der Waals surface area contributed by atoms with Crippen molar-refractivity contribution in [2.45, 2.75) is 38.1 Å². The molecule has 0 aliphatic carbocycles. The second-order valence-corrected chi connectivity index (χ2v) is 7.03. The van der Waals surface area contributed by atoms with Crippen LogP contribution in [0, 0.1) is 5.92 Å². The van der Waals surface area contributed by atoms with E-state index < -0.39 is 10.0 Å². The minimum Gasteiger partial charge on any atom is -0.380 e. The van der Waals surface area contributed by atoms with E-state index in [-0.39, 0.29) is 16.9 Å². The predicted molar refractivity (Wildman–Crippen MR) is 84.6 cm³/mol. The summed E-state index contributed by atoms with van der Waals surface area (Å²) in [5.41, 5.74) is 6.52. The van der Waals surface area contributed by atoms with Gasteiger partial charge >= 0.3 is 0 Å². The molecule has 5 nitrogen and oxygen atoms in total. The summed E-state index contributed by atoms with van der Waals surface area (Å²) in [6, 6.07) is 6.60. The normalized spacial score (nSPS) is 13.6. The molecular formula is C15H26N2O3S. The molecule has 0 saturated heterocycles. The van der Waals surface area contributed by atoms with Crippen LogP contribution in [0.1, 0.15) is 26.3 Å². The van der Waals surface area contributed by atoms with Gasteiger partial charge < -0.3 is 10.5 Å². The zero-order valence-electron chi connectivity index (χ0n) is 13.0. The third-order valence-corrected chi connectivity index (χ3v) is 4.79. The fourth-order valence-electron chi connectivity index (χ4n) is 1.88. The molecule has 1 unspecified atom stereocenters. The van der Waals surface area contributed by atoms with Crippen molar-refractivity contribution < 1.29 is 13.2 Å². The van der Waals surface area contributed by atoms with Gasteiger partial charge in [-0.05, 0) is 43.5 Å². The molecule has 1 atom stereocenters. The van der Waals surface area contributed by atoms with Gasteiger partial charge in [0.25, 0.3) is 0 Å². The Balaban J connectivity index is 2.83. The van der Waals surface area contributed by atoms with Crippen molar-refractivity contribution in [3.8, 4) is 0 Å². The first-order valence-electron chi connectivity index (χ1n) is 7.29. The maximum atomic E-state index is 12.4. The molecule has 120 valence electrons. The van der Waals surface area contributed by atoms with Gasteiger partial charge in [-0.3, -0.25) is 0 Å². The molecule has 0 spiro atoms. The summed E-state index contributed by atoms with van der Waals surface area (Å²) in [4.78, 5) is 0.269. The van der Waals surface area contributed by atoms with Crippen LogP contribution in [0.15, 0.2) is 29.2 Å². The Kier molecular flexibility index (Phi) is 7.31. The van der Waals surface area contributed by atoms with E-state index in [1.807, 2.05) is 20.8 Å². The average molecular weight is 314 g/mol. The summed E-state index contributed by atoms with van der Waals surface area (Å²) >= 11 is 0. The van der Waals surface area contributed by atoms with E-state index in [1.54, 1.807) is 24.3 Å². The second-order valence-electron chi connectivity index (χ2n) is 5.31. The minimum atomic E-state index is -3.53. The molecule has 21 heavy (non-hydrogen) atoms. The summed E-state index contributed by atoms with van der Waals surface area (Å²) < 4.78 is 32.8. The number of ether oxygens (including phenoxy) is 1. The Labute approximate surface area is 127 Å². The quantitative estimate of drug-likeness (QED) is 0.724. The first-order chi connectivity index (χ1) is 9.90. The third-order valence-electron chi connectivity index (χ3n) is 3.28. The van der Waals surface area contributed by atoms with E-state index in [1.165, 1.54) is 0 Å². The molecule has 0 heterocycles. The Morgan fingerprint density at radius 3 is 2.33 bits per heavy atom. The van der Waals surface area contributed by atoms with Gasteiger partial charge in [0.2, 0.25) is 10.0 Å². The first-order valence-corrected chi connectivity index (χ1v) is 8.78. The molecule has 0 aliphatic rings. The van der Waals surface area contributed by atoms with Crippen LogP contribution in [-0.4, -0.2) is 34.2 Å². The van der Waals surface area contributed by atoms with Crippen LogP contribution in [0.2, 0.25) is 0 Å². The zero-order chi connectivity index (χ0) is 15.9. The van der Waals surface area contributed by atoms with E-state index in [0.29, 0.717) is 19.8 Å². The number of hydrogen-bond acceptors (Lipinski definition) is 4. The summed E-state index contributed by atoms with van der Waals surface area (Å²) in [7, 11) is -3.53. The lowest BCUT2D eigenvalue weighted by atomic mass is 10.1. The first kappa shape index (κ1) is 18.1. The molecular weight excluding hydrogens is 288 g/mol. The third kappa shape index (κ3) is 5.74. The van der Waals surface area contributed by atoms with Crippen molar-refractivity contribution in [1.29, 1.82) is 0 Å². The fraction of sp³-hybridized carbons (Fsp3) is 0.600. The van der Waals surface area contributed by atoms with Crippen LogP contribution < -0.4 is 10.5 Å². The highest BCUT2D eigenvalue weighted by Crippen LogP contribution is 2.13. The molecule has 0 aromatic heterocycles. The molecule has 0 radical (unpaired) electrons. The van der Waals surface area contributed by atoms with Crippen molar-refractivity contribution in [1.82, 2.24) is 4.72 Å². The molecule has 1 aromatic rings. The van der Waals surface area contributed by atoms with E-state index in [0.717, 1.165) is 12.0 Å². The summed E-state index contributed by atoms with van der Waals surface area (Å²) in [5, 5.41) is 0. The molecule has 0 saturated carbocycles. The van der Waals surface area contributed by atoms with Crippen LogP contribution in [0.4, 0.5) is 0 Å². The van der Waals surface area contributed by atoms with Gasteiger partial charge in [0, 0.05) is 12.6 Å². The predicted octanol–water partition coefficient (Wildman–Crippen LogP) is 1.53. The summed E-state index contributed by atoms with van der Waals surface area (Å²) in [6.45, 7) is 7.32. The minimum absolute atomic E-state index is 0.155. The molecule has 1 aromatic carbocycles. The Morgan fingerprint density at radius 2 is 1.86 bits per heavy atom. The van der Waals surface area contributed by atoms with Gasteiger partial charge in [-0.1, -0.05) is 26.0 Å². The lowest BCUT2D eigenvalue weighted by Gasteiger charge is -2.22. The van der Waals surface area contributed by atoms with Crippen LogP contribution >= 0.6 is 0 Å². The van der Waals surface area contributed by atoms with E-state index >= 15 is 0 Å². The van der Waals surface area contributed by atoms with Crippen LogP contribution in [0.25, 0.3) is 0 Å². The maximum absolute atomic E-state index is 12.4.